The third-order valence-corrected chi connectivity index (χ3v) is 8.72. The van der Waals surface area contributed by atoms with Gasteiger partial charge in [-0.2, -0.15) is 10.2 Å². The number of benzene rings is 1. The quantitative estimate of drug-likeness (QED) is 0.231. The van der Waals surface area contributed by atoms with Crippen molar-refractivity contribution in [1.29, 1.82) is 0 Å². The summed E-state index contributed by atoms with van der Waals surface area (Å²) in [5.41, 5.74) is 15.7. The van der Waals surface area contributed by atoms with Gasteiger partial charge >= 0.3 is 0 Å². The number of aromatic nitrogens is 2. The highest BCUT2D eigenvalue weighted by molar-refractivity contribution is 5.95. The molecular formula is C34H45FN8O3. The van der Waals surface area contributed by atoms with E-state index in [0.29, 0.717) is 68.8 Å². The summed E-state index contributed by atoms with van der Waals surface area (Å²) >= 11 is 0. The Kier molecular flexibility index (Phi) is 10.9. The van der Waals surface area contributed by atoms with E-state index in [1.807, 2.05) is 18.0 Å². The summed E-state index contributed by atoms with van der Waals surface area (Å²) in [5, 5.41) is 11.4. The Morgan fingerprint density at radius 1 is 1.15 bits per heavy atom. The summed E-state index contributed by atoms with van der Waals surface area (Å²) in [7, 11) is 0. The van der Waals surface area contributed by atoms with Crippen molar-refractivity contribution >= 4 is 23.1 Å². The Morgan fingerprint density at radius 3 is 2.57 bits per heavy atom. The molecule has 1 aromatic carbocycles. The minimum absolute atomic E-state index is 0.0107. The predicted molar refractivity (Wildman–Crippen MR) is 175 cm³/mol. The molecule has 6 N–H and O–H groups in total. The van der Waals surface area contributed by atoms with Gasteiger partial charge in [0, 0.05) is 79.2 Å². The number of nitrogens with one attached hydrogen (secondary N) is 2. The molecule has 246 valence electrons. The monoisotopic (exact) mass is 632 g/mol. The van der Waals surface area contributed by atoms with E-state index < -0.39 is 5.82 Å². The largest absolute Gasteiger partial charge is 0.403 e. The first-order valence-electron chi connectivity index (χ1n) is 16.1. The van der Waals surface area contributed by atoms with Gasteiger partial charge in [-0.15, -0.1) is 0 Å². The lowest BCUT2D eigenvalue weighted by Crippen LogP contribution is -2.51. The molecule has 2 amide bonds. The first-order valence-corrected chi connectivity index (χ1v) is 16.1. The molecule has 12 heteroatoms. The van der Waals surface area contributed by atoms with Crippen molar-refractivity contribution in [2.45, 2.75) is 45.4 Å². The second-order valence-corrected chi connectivity index (χ2v) is 12.1. The van der Waals surface area contributed by atoms with Crippen molar-refractivity contribution in [3.8, 4) is 0 Å². The highest BCUT2D eigenvalue weighted by Gasteiger charge is 2.34. The SMILES string of the molecule is C=C(C1=C(C)C(C2CC2)=CN(/C(=C\N)c2cn[nH]c2)O1)c1ccc(C(=O)N2CCN(CC(=O)NCCCCCCN)CC2)cc1F. The second kappa shape index (κ2) is 15.2. The van der Waals surface area contributed by atoms with Crippen LogP contribution in [0.2, 0.25) is 0 Å². The van der Waals surface area contributed by atoms with E-state index in [-0.39, 0.29) is 22.9 Å². The lowest BCUT2D eigenvalue weighted by molar-refractivity contribution is -0.122. The number of carbonyl (C=O) groups is 2. The van der Waals surface area contributed by atoms with Crippen molar-refractivity contribution in [2.75, 3.05) is 45.8 Å². The number of H-pyrrole nitrogens is 1. The van der Waals surface area contributed by atoms with Crippen LogP contribution in [0.3, 0.4) is 0 Å². The molecule has 1 aliphatic carbocycles. The average molecular weight is 633 g/mol. The van der Waals surface area contributed by atoms with E-state index in [0.717, 1.165) is 55.2 Å². The summed E-state index contributed by atoms with van der Waals surface area (Å²) in [6.07, 6.45) is 12.9. The van der Waals surface area contributed by atoms with Gasteiger partial charge in [-0.25, -0.2) is 4.39 Å². The van der Waals surface area contributed by atoms with Gasteiger partial charge in [0.05, 0.1) is 12.7 Å². The number of nitrogens with two attached hydrogens (primary N) is 2. The molecule has 2 aromatic rings. The lowest BCUT2D eigenvalue weighted by Gasteiger charge is -2.34. The molecule has 0 spiro atoms. The fraction of sp³-hybridized carbons (Fsp3) is 0.441. The molecule has 11 nitrogen and oxygen atoms in total. The molecule has 2 fully saturated rings. The Morgan fingerprint density at radius 2 is 1.91 bits per heavy atom. The zero-order valence-corrected chi connectivity index (χ0v) is 26.6. The number of carbonyl (C=O) groups excluding carboxylic acids is 2. The summed E-state index contributed by atoms with van der Waals surface area (Å²) in [4.78, 5) is 35.7. The first-order chi connectivity index (χ1) is 22.3. The van der Waals surface area contributed by atoms with Crippen LogP contribution >= 0.6 is 0 Å². The number of piperazine rings is 1. The van der Waals surface area contributed by atoms with E-state index in [9.17, 15) is 9.59 Å². The molecule has 0 radical (unpaired) electrons. The minimum Gasteiger partial charge on any atom is -0.403 e. The van der Waals surface area contributed by atoms with Gasteiger partial charge in [0.25, 0.3) is 5.91 Å². The standard InChI is InChI=1S/C34H45FN8O3/c1-23(33-24(2)29(25-7-8-25)21-43(46-33)31(18-37)27-19-39-40-20-27)28-10-9-26(17-30(28)35)34(45)42-15-13-41(14-16-42)22-32(44)38-12-6-4-3-5-11-36/h9-10,17-21,25H,1,3-8,11-16,22,36-37H2,2H3,(H,38,44)(H,39,40)/b31-18-. The molecular weight excluding hydrogens is 587 g/mol. The fourth-order valence-corrected chi connectivity index (χ4v) is 5.86. The Labute approximate surface area is 269 Å². The number of hydrogen-bond donors (Lipinski definition) is 4. The molecule has 5 rings (SSSR count). The number of rotatable bonds is 14. The van der Waals surface area contributed by atoms with Gasteiger partial charge < -0.3 is 26.5 Å². The number of halogens is 1. The summed E-state index contributed by atoms with van der Waals surface area (Å²) < 4.78 is 15.7. The zero-order chi connectivity index (χ0) is 32.6. The Hall–Kier alpha value is -4.42. The lowest BCUT2D eigenvalue weighted by atomic mass is 9.95. The van der Waals surface area contributed by atoms with Crippen molar-refractivity contribution in [2.24, 2.45) is 17.4 Å². The van der Waals surface area contributed by atoms with Gasteiger partial charge in [0.15, 0.2) is 5.76 Å². The van der Waals surface area contributed by atoms with Gasteiger partial charge in [0.1, 0.15) is 11.5 Å². The van der Waals surface area contributed by atoms with Crippen LogP contribution < -0.4 is 16.8 Å². The zero-order valence-electron chi connectivity index (χ0n) is 26.6. The van der Waals surface area contributed by atoms with Gasteiger partial charge in [-0.05, 0) is 62.8 Å². The fourth-order valence-electron chi connectivity index (χ4n) is 5.86. The van der Waals surface area contributed by atoms with Crippen LogP contribution in [0.1, 0.15) is 66.9 Å². The van der Waals surface area contributed by atoms with Gasteiger partial charge in [-0.3, -0.25) is 19.6 Å². The molecule has 3 aliphatic rings. The van der Waals surface area contributed by atoms with E-state index in [1.165, 1.54) is 12.3 Å². The summed E-state index contributed by atoms with van der Waals surface area (Å²) in [5.74, 6) is 0.00993. The Bertz CT molecular complexity index is 1500. The van der Waals surface area contributed by atoms with E-state index in [1.54, 1.807) is 34.5 Å². The smallest absolute Gasteiger partial charge is 0.254 e. The number of amides is 2. The van der Waals surface area contributed by atoms with Crippen LogP contribution in [0.25, 0.3) is 11.3 Å². The van der Waals surface area contributed by atoms with Gasteiger partial charge in [0.2, 0.25) is 5.91 Å². The molecule has 46 heavy (non-hydrogen) atoms. The molecule has 2 aliphatic heterocycles. The average Bonchev–Trinajstić information content (AvgIpc) is 3.77. The third kappa shape index (κ3) is 7.86. The summed E-state index contributed by atoms with van der Waals surface area (Å²) in [6.45, 7) is 9.88. The van der Waals surface area contributed by atoms with E-state index >= 15 is 4.39 Å². The second-order valence-electron chi connectivity index (χ2n) is 12.1. The Balaban J connectivity index is 1.19. The minimum atomic E-state index is -0.559. The molecule has 0 unspecified atom stereocenters. The number of hydroxylamine groups is 2. The van der Waals surface area contributed by atoms with E-state index in [4.69, 9.17) is 16.3 Å². The number of nitrogens with zero attached hydrogens (tertiary/aromatic N) is 4. The van der Waals surface area contributed by atoms with Crippen LogP contribution in [0, 0.1) is 11.7 Å². The van der Waals surface area contributed by atoms with Crippen molar-refractivity contribution in [3.05, 3.63) is 89.0 Å². The van der Waals surface area contributed by atoms with Crippen molar-refractivity contribution < 1.29 is 18.8 Å². The topological polar surface area (TPSA) is 146 Å². The number of hydrogen-bond acceptors (Lipinski definition) is 8. The van der Waals surface area contributed by atoms with Crippen LogP contribution in [-0.4, -0.2) is 82.7 Å². The predicted octanol–water partition coefficient (Wildman–Crippen LogP) is 3.73. The first kappa shape index (κ1) is 33.0. The molecule has 0 bridgehead atoms. The van der Waals surface area contributed by atoms with Gasteiger partial charge in [-0.1, -0.05) is 25.5 Å². The molecule has 3 heterocycles. The number of aromatic amines is 1. The maximum atomic E-state index is 15.7. The highest BCUT2D eigenvalue weighted by atomic mass is 19.1. The van der Waals surface area contributed by atoms with Crippen LogP contribution in [0.4, 0.5) is 4.39 Å². The normalized spacial score (nSPS) is 17.5. The molecule has 1 aromatic heterocycles. The highest BCUT2D eigenvalue weighted by Crippen LogP contribution is 2.46. The van der Waals surface area contributed by atoms with Crippen molar-refractivity contribution in [1.82, 2.24) is 30.4 Å². The number of unbranched alkanes of at least 4 members (excludes halogenated alkanes) is 3. The maximum absolute atomic E-state index is 15.7. The number of allylic oxidation sites excluding steroid dienone is 3. The maximum Gasteiger partial charge on any atom is 0.254 e. The molecule has 1 saturated carbocycles. The van der Waals surface area contributed by atoms with Crippen LogP contribution in [0.5, 0.6) is 0 Å². The van der Waals surface area contributed by atoms with Crippen LogP contribution in [0.15, 0.2) is 66.5 Å². The van der Waals surface area contributed by atoms with Crippen LogP contribution in [-0.2, 0) is 9.63 Å². The molecule has 0 atom stereocenters. The van der Waals surface area contributed by atoms with E-state index in [2.05, 4.69) is 22.1 Å². The molecule has 1 saturated heterocycles. The van der Waals surface area contributed by atoms with Crippen molar-refractivity contribution in [3.63, 3.8) is 0 Å². The summed E-state index contributed by atoms with van der Waals surface area (Å²) in [6, 6.07) is 4.48. The third-order valence-electron chi connectivity index (χ3n) is 8.72.